The number of rotatable bonds is 5. The van der Waals surface area contributed by atoms with E-state index in [2.05, 4.69) is 13.8 Å². The molecule has 3 nitrogen and oxygen atoms in total. The van der Waals surface area contributed by atoms with Gasteiger partial charge in [0.15, 0.2) is 0 Å². The van der Waals surface area contributed by atoms with Gasteiger partial charge in [0.25, 0.3) is 0 Å². The molecule has 0 spiro atoms. The Morgan fingerprint density at radius 1 is 1.26 bits per heavy atom. The molecule has 0 amide bonds. The molecule has 1 saturated carbocycles. The van der Waals surface area contributed by atoms with Gasteiger partial charge < -0.3 is 0 Å². The van der Waals surface area contributed by atoms with E-state index >= 15 is 0 Å². The number of aryl methyl sites for hydroxylation is 2. The van der Waals surface area contributed by atoms with E-state index in [0.717, 1.165) is 22.6 Å². The molecule has 0 aromatic carbocycles. The first-order chi connectivity index (χ1) is 8.75. The molecule has 0 radical (unpaired) electrons. The van der Waals surface area contributed by atoms with Crippen molar-refractivity contribution >= 4 is 21.4 Å². The van der Waals surface area contributed by atoms with Crippen molar-refractivity contribution < 1.29 is 8.42 Å². The average molecular weight is 301 g/mol. The summed E-state index contributed by atoms with van der Waals surface area (Å²) in [5.41, 5.74) is 0. The molecule has 0 saturated heterocycles. The molecule has 1 atom stereocenters. The normalized spacial score (nSPS) is 18.3. The maximum atomic E-state index is 12.9. The summed E-state index contributed by atoms with van der Waals surface area (Å²) >= 11 is 1.56. The number of hydrogen-bond acceptors (Lipinski definition) is 3. The molecular weight excluding hydrogens is 278 g/mol. The Morgan fingerprint density at radius 3 is 2.21 bits per heavy atom. The topological polar surface area (TPSA) is 37.4 Å². The van der Waals surface area contributed by atoms with Gasteiger partial charge in [0.1, 0.15) is 0 Å². The quantitative estimate of drug-likeness (QED) is 0.834. The van der Waals surface area contributed by atoms with Crippen LogP contribution in [0, 0.1) is 19.8 Å². The van der Waals surface area contributed by atoms with Crippen LogP contribution in [0.3, 0.4) is 0 Å². The van der Waals surface area contributed by atoms with Crippen LogP contribution in [0.15, 0.2) is 11.0 Å². The molecule has 1 aromatic heterocycles. The minimum Gasteiger partial charge on any atom is -0.207 e. The number of nitrogens with zero attached hydrogens (tertiary/aromatic N) is 1. The Labute approximate surface area is 120 Å². The van der Waals surface area contributed by atoms with Gasteiger partial charge in [0.05, 0.1) is 4.90 Å². The molecule has 0 bridgehead atoms. The minimum atomic E-state index is -3.35. The monoisotopic (exact) mass is 301 g/mol. The van der Waals surface area contributed by atoms with Crippen molar-refractivity contribution in [2.75, 3.05) is 0 Å². The summed E-state index contributed by atoms with van der Waals surface area (Å²) in [6.45, 7) is 10.1. The number of thiophene rings is 1. The van der Waals surface area contributed by atoms with Gasteiger partial charge in [-0.05, 0) is 45.6 Å². The predicted molar refractivity (Wildman–Crippen MR) is 80.1 cm³/mol. The van der Waals surface area contributed by atoms with Gasteiger partial charge in [-0.1, -0.05) is 13.8 Å². The molecule has 1 aliphatic rings. The molecule has 2 rings (SSSR count). The van der Waals surface area contributed by atoms with Crippen LogP contribution in [0.25, 0.3) is 0 Å². The van der Waals surface area contributed by atoms with E-state index in [-0.39, 0.29) is 12.1 Å². The SMILES string of the molecule is Cc1cc(S(=O)(=O)N(C2CC2)C(C)C(C)C)c(C)s1. The maximum absolute atomic E-state index is 12.9. The Hall–Kier alpha value is -0.390. The first-order valence-electron chi connectivity index (χ1n) is 6.85. The Balaban J connectivity index is 2.43. The lowest BCUT2D eigenvalue weighted by atomic mass is 10.1. The molecule has 1 fully saturated rings. The fourth-order valence-corrected chi connectivity index (χ4v) is 5.88. The summed E-state index contributed by atoms with van der Waals surface area (Å²) < 4.78 is 27.6. The largest absolute Gasteiger partial charge is 0.244 e. The standard InChI is InChI=1S/C14H23NO2S2/c1-9(2)11(4)15(13-6-7-13)19(16,17)14-8-10(3)18-12(14)5/h8-9,11,13H,6-7H2,1-5H3. The lowest BCUT2D eigenvalue weighted by Gasteiger charge is -2.31. The average Bonchev–Trinajstić information content (AvgIpc) is 3.03. The summed E-state index contributed by atoms with van der Waals surface area (Å²) in [7, 11) is -3.35. The zero-order valence-electron chi connectivity index (χ0n) is 12.3. The van der Waals surface area contributed by atoms with E-state index < -0.39 is 10.0 Å². The highest BCUT2D eigenvalue weighted by molar-refractivity contribution is 7.89. The summed E-state index contributed by atoms with van der Waals surface area (Å²) in [5.74, 6) is 0.329. The van der Waals surface area contributed by atoms with Crippen molar-refractivity contribution in [3.63, 3.8) is 0 Å². The summed E-state index contributed by atoms with van der Waals surface area (Å²) in [6.07, 6.45) is 2.00. The van der Waals surface area contributed by atoms with Gasteiger partial charge >= 0.3 is 0 Å². The summed E-state index contributed by atoms with van der Waals surface area (Å²) in [4.78, 5) is 2.47. The number of hydrogen-bond donors (Lipinski definition) is 0. The van der Waals surface area contributed by atoms with Crippen molar-refractivity contribution in [3.8, 4) is 0 Å². The smallest absolute Gasteiger partial charge is 0.207 e. The second-order valence-corrected chi connectivity index (χ2v) is 9.10. The molecule has 0 aliphatic heterocycles. The maximum Gasteiger partial charge on any atom is 0.244 e. The Morgan fingerprint density at radius 2 is 1.84 bits per heavy atom. The van der Waals surface area contributed by atoms with E-state index in [1.807, 2.05) is 26.8 Å². The van der Waals surface area contributed by atoms with Gasteiger partial charge in [-0.2, -0.15) is 4.31 Å². The van der Waals surface area contributed by atoms with Crippen molar-refractivity contribution in [2.45, 2.75) is 64.4 Å². The molecule has 108 valence electrons. The molecule has 1 aliphatic carbocycles. The zero-order valence-corrected chi connectivity index (χ0v) is 13.9. The van der Waals surface area contributed by atoms with Crippen LogP contribution >= 0.6 is 11.3 Å². The Kier molecular flexibility index (Phi) is 4.10. The van der Waals surface area contributed by atoms with E-state index in [1.165, 1.54) is 0 Å². The van der Waals surface area contributed by atoms with Crippen molar-refractivity contribution in [1.82, 2.24) is 4.31 Å². The zero-order chi connectivity index (χ0) is 14.4. The lowest BCUT2D eigenvalue weighted by Crippen LogP contribution is -2.43. The van der Waals surface area contributed by atoms with Crippen LogP contribution in [-0.4, -0.2) is 24.8 Å². The van der Waals surface area contributed by atoms with Crippen LogP contribution < -0.4 is 0 Å². The molecule has 0 N–H and O–H groups in total. The highest BCUT2D eigenvalue weighted by Gasteiger charge is 2.42. The fraction of sp³-hybridized carbons (Fsp3) is 0.714. The van der Waals surface area contributed by atoms with Crippen molar-refractivity contribution in [2.24, 2.45) is 5.92 Å². The summed E-state index contributed by atoms with van der Waals surface area (Å²) in [6, 6.07) is 2.08. The third-order valence-corrected chi connectivity index (χ3v) is 7.08. The highest BCUT2D eigenvalue weighted by atomic mass is 32.2. The van der Waals surface area contributed by atoms with Crippen molar-refractivity contribution in [1.29, 1.82) is 0 Å². The van der Waals surface area contributed by atoms with Gasteiger partial charge in [0, 0.05) is 21.8 Å². The van der Waals surface area contributed by atoms with Crippen LogP contribution in [0.5, 0.6) is 0 Å². The van der Waals surface area contributed by atoms with Gasteiger partial charge in [-0.15, -0.1) is 11.3 Å². The first kappa shape index (κ1) is 15.0. The van der Waals surface area contributed by atoms with E-state index in [4.69, 9.17) is 0 Å². The van der Waals surface area contributed by atoms with Gasteiger partial charge in [0.2, 0.25) is 10.0 Å². The predicted octanol–water partition coefficient (Wildman–Crippen LogP) is 3.56. The van der Waals surface area contributed by atoms with Gasteiger partial charge in [-0.3, -0.25) is 0 Å². The van der Waals surface area contributed by atoms with Gasteiger partial charge in [-0.25, -0.2) is 8.42 Å². The molecule has 19 heavy (non-hydrogen) atoms. The van der Waals surface area contributed by atoms with E-state index in [0.29, 0.717) is 10.8 Å². The Bertz CT molecular complexity index is 556. The van der Waals surface area contributed by atoms with Crippen LogP contribution in [0.1, 0.15) is 43.4 Å². The first-order valence-corrected chi connectivity index (χ1v) is 9.11. The van der Waals surface area contributed by atoms with Crippen LogP contribution in [0.2, 0.25) is 0 Å². The third kappa shape index (κ3) is 2.88. The van der Waals surface area contributed by atoms with Crippen LogP contribution in [0.4, 0.5) is 0 Å². The second kappa shape index (κ2) is 5.19. The van der Waals surface area contributed by atoms with E-state index in [1.54, 1.807) is 15.6 Å². The van der Waals surface area contributed by atoms with Crippen molar-refractivity contribution in [3.05, 3.63) is 15.8 Å². The molecule has 5 heteroatoms. The third-order valence-electron chi connectivity index (χ3n) is 3.82. The van der Waals surface area contributed by atoms with E-state index in [9.17, 15) is 8.42 Å². The summed E-state index contributed by atoms with van der Waals surface area (Å²) in [5, 5.41) is 0. The highest BCUT2D eigenvalue weighted by Crippen LogP contribution is 2.37. The molecular formula is C14H23NO2S2. The molecule has 1 aromatic rings. The lowest BCUT2D eigenvalue weighted by molar-refractivity contribution is 0.269. The molecule has 1 heterocycles. The molecule has 1 unspecified atom stereocenters. The van der Waals surface area contributed by atoms with Crippen LogP contribution in [-0.2, 0) is 10.0 Å². The fourth-order valence-electron chi connectivity index (χ4n) is 2.35. The minimum absolute atomic E-state index is 0.0529. The number of sulfonamides is 1. The second-order valence-electron chi connectivity index (χ2n) is 5.83.